The summed E-state index contributed by atoms with van der Waals surface area (Å²) in [5.41, 5.74) is 3.44. The highest BCUT2D eigenvalue weighted by Gasteiger charge is 2.26. The molecule has 1 amide bonds. The molecule has 0 bridgehead atoms. The van der Waals surface area contributed by atoms with Crippen LogP contribution < -0.4 is 25.0 Å². The smallest absolute Gasteiger partial charge is 0.255 e. The molecule has 3 rings (SSSR count). The molecule has 1 aliphatic heterocycles. The number of hydrogen-bond donors (Lipinski definition) is 2. The van der Waals surface area contributed by atoms with Gasteiger partial charge < -0.3 is 25.0 Å². The minimum absolute atomic E-state index is 0.141. The van der Waals surface area contributed by atoms with Crippen molar-refractivity contribution in [2.45, 2.75) is 20.0 Å². The normalized spacial score (nSPS) is 15.5. The van der Waals surface area contributed by atoms with Gasteiger partial charge in [0, 0.05) is 24.8 Å². The Kier molecular flexibility index (Phi) is 5.21. The first-order chi connectivity index (χ1) is 12.6. The van der Waals surface area contributed by atoms with E-state index in [4.69, 9.17) is 9.47 Å². The number of amides is 1. The van der Waals surface area contributed by atoms with E-state index in [9.17, 15) is 4.79 Å². The minimum Gasteiger partial charge on any atom is -0.493 e. The average molecular weight is 355 g/mol. The highest BCUT2D eigenvalue weighted by atomic mass is 16.5. The third-order valence-electron chi connectivity index (χ3n) is 4.70. The van der Waals surface area contributed by atoms with E-state index >= 15 is 0 Å². The van der Waals surface area contributed by atoms with Crippen molar-refractivity contribution in [2.24, 2.45) is 0 Å². The Bertz CT molecular complexity index is 786. The maximum absolute atomic E-state index is 12.5. The number of benzene rings is 2. The molecule has 2 aromatic rings. The molecule has 1 unspecified atom stereocenters. The molecule has 6 heteroatoms. The van der Waals surface area contributed by atoms with Crippen molar-refractivity contribution >= 4 is 17.3 Å². The van der Waals surface area contributed by atoms with Crippen LogP contribution in [0.1, 0.15) is 35.9 Å². The van der Waals surface area contributed by atoms with Crippen LogP contribution in [0.15, 0.2) is 36.4 Å². The second-order valence-electron chi connectivity index (χ2n) is 6.07. The first-order valence-electron chi connectivity index (χ1n) is 8.79. The fourth-order valence-corrected chi connectivity index (χ4v) is 3.22. The molecule has 0 fully saturated rings. The summed E-state index contributed by atoms with van der Waals surface area (Å²) in [7, 11) is 3.13. The summed E-state index contributed by atoms with van der Waals surface area (Å²) in [6.45, 7) is 6.20. The summed E-state index contributed by atoms with van der Waals surface area (Å²) < 4.78 is 10.6. The minimum atomic E-state index is -0.293. The Morgan fingerprint density at radius 2 is 1.58 bits per heavy atom. The van der Waals surface area contributed by atoms with Crippen molar-refractivity contribution in [3.05, 3.63) is 47.5 Å². The molecule has 138 valence electrons. The van der Waals surface area contributed by atoms with Crippen molar-refractivity contribution in [3.8, 4) is 11.5 Å². The first-order valence-corrected chi connectivity index (χ1v) is 8.79. The second kappa shape index (κ2) is 7.56. The number of ether oxygens (including phenoxy) is 2. The molecule has 0 radical (unpaired) electrons. The van der Waals surface area contributed by atoms with Crippen LogP contribution in [0.4, 0.5) is 11.4 Å². The zero-order valence-corrected chi connectivity index (χ0v) is 15.6. The fourth-order valence-electron chi connectivity index (χ4n) is 3.22. The molecule has 2 N–H and O–H groups in total. The van der Waals surface area contributed by atoms with Crippen molar-refractivity contribution in [1.29, 1.82) is 0 Å². The molecular weight excluding hydrogens is 330 g/mol. The van der Waals surface area contributed by atoms with E-state index in [0.717, 1.165) is 24.3 Å². The lowest BCUT2D eigenvalue weighted by molar-refractivity contribution is 0.0935. The van der Waals surface area contributed by atoms with Crippen molar-refractivity contribution < 1.29 is 14.3 Å². The van der Waals surface area contributed by atoms with E-state index in [1.807, 2.05) is 12.1 Å². The predicted molar refractivity (Wildman–Crippen MR) is 103 cm³/mol. The molecular formula is C20H25N3O3. The summed E-state index contributed by atoms with van der Waals surface area (Å²) in [6.07, 6.45) is -0.293. The standard InChI is InChI=1S/C20H25N3O3/c1-5-23(6-2)14-9-7-13(8-10-14)19-21-16-12-18(26-4)17(25-3)11-15(16)20(24)22-19/h7-12,19,21H,5-6H2,1-4H3,(H,22,24). The van der Waals surface area contributed by atoms with E-state index in [2.05, 4.69) is 41.5 Å². The lowest BCUT2D eigenvalue weighted by atomic mass is 10.0. The topological polar surface area (TPSA) is 62.8 Å². The van der Waals surface area contributed by atoms with Crippen LogP contribution in [0, 0.1) is 0 Å². The van der Waals surface area contributed by atoms with Crippen molar-refractivity contribution in [2.75, 3.05) is 37.5 Å². The van der Waals surface area contributed by atoms with Gasteiger partial charge in [-0.25, -0.2) is 0 Å². The van der Waals surface area contributed by atoms with Gasteiger partial charge >= 0.3 is 0 Å². The van der Waals surface area contributed by atoms with Crippen molar-refractivity contribution in [3.63, 3.8) is 0 Å². The third-order valence-corrected chi connectivity index (χ3v) is 4.70. The van der Waals surface area contributed by atoms with Crippen LogP contribution in [-0.2, 0) is 0 Å². The number of fused-ring (bicyclic) bond motifs is 1. The lowest BCUT2D eigenvalue weighted by Crippen LogP contribution is -2.38. The van der Waals surface area contributed by atoms with E-state index in [-0.39, 0.29) is 12.1 Å². The van der Waals surface area contributed by atoms with E-state index < -0.39 is 0 Å². The molecule has 0 saturated carbocycles. The van der Waals surface area contributed by atoms with E-state index in [1.165, 1.54) is 5.69 Å². The van der Waals surface area contributed by atoms with Gasteiger partial charge in [-0.3, -0.25) is 4.79 Å². The van der Waals surface area contributed by atoms with Crippen LogP contribution in [-0.4, -0.2) is 33.2 Å². The van der Waals surface area contributed by atoms with E-state index in [1.54, 1.807) is 26.4 Å². The quantitative estimate of drug-likeness (QED) is 0.831. The Labute approximate surface area is 154 Å². The number of nitrogens with zero attached hydrogens (tertiary/aromatic N) is 1. The summed E-state index contributed by atoms with van der Waals surface area (Å²) >= 11 is 0. The number of carbonyl (C=O) groups is 1. The third kappa shape index (κ3) is 3.27. The maximum Gasteiger partial charge on any atom is 0.255 e. The number of methoxy groups -OCH3 is 2. The van der Waals surface area contributed by atoms with Crippen LogP contribution in [0.3, 0.4) is 0 Å². The van der Waals surface area contributed by atoms with Gasteiger partial charge in [0.15, 0.2) is 11.5 Å². The fraction of sp³-hybridized carbons (Fsp3) is 0.350. The largest absolute Gasteiger partial charge is 0.493 e. The number of carbonyl (C=O) groups excluding carboxylic acids is 1. The number of nitrogens with one attached hydrogen (secondary N) is 2. The number of anilines is 2. The molecule has 1 heterocycles. The molecule has 0 saturated heterocycles. The maximum atomic E-state index is 12.5. The Balaban J connectivity index is 1.87. The van der Waals surface area contributed by atoms with Gasteiger partial charge in [0.05, 0.1) is 25.5 Å². The summed E-state index contributed by atoms with van der Waals surface area (Å²) in [5.74, 6) is 0.979. The van der Waals surface area contributed by atoms with Crippen LogP contribution in [0.2, 0.25) is 0 Å². The number of hydrogen-bond acceptors (Lipinski definition) is 5. The average Bonchev–Trinajstić information content (AvgIpc) is 2.68. The molecule has 1 atom stereocenters. The molecule has 6 nitrogen and oxygen atoms in total. The Hall–Kier alpha value is -2.89. The molecule has 0 spiro atoms. The van der Waals surface area contributed by atoms with Gasteiger partial charge in [0.2, 0.25) is 0 Å². The SMILES string of the molecule is CCN(CC)c1ccc(C2NC(=O)c3cc(OC)c(OC)cc3N2)cc1. The summed E-state index contributed by atoms with van der Waals surface area (Å²) in [4.78, 5) is 14.8. The summed E-state index contributed by atoms with van der Waals surface area (Å²) in [5, 5.41) is 6.36. The lowest BCUT2D eigenvalue weighted by Gasteiger charge is -2.29. The van der Waals surface area contributed by atoms with Crippen molar-refractivity contribution in [1.82, 2.24) is 5.32 Å². The monoisotopic (exact) mass is 355 g/mol. The van der Waals surface area contributed by atoms with Crippen LogP contribution >= 0.6 is 0 Å². The molecule has 26 heavy (non-hydrogen) atoms. The molecule has 0 aromatic heterocycles. The first kappa shape index (κ1) is 17.9. The highest BCUT2D eigenvalue weighted by molar-refractivity contribution is 6.02. The van der Waals surface area contributed by atoms with E-state index in [0.29, 0.717) is 17.1 Å². The van der Waals surface area contributed by atoms with Crippen LogP contribution in [0.5, 0.6) is 11.5 Å². The van der Waals surface area contributed by atoms with Gasteiger partial charge in [-0.15, -0.1) is 0 Å². The van der Waals surface area contributed by atoms with Gasteiger partial charge in [-0.2, -0.15) is 0 Å². The van der Waals surface area contributed by atoms with Crippen LogP contribution in [0.25, 0.3) is 0 Å². The second-order valence-corrected chi connectivity index (χ2v) is 6.07. The van der Waals surface area contributed by atoms with Gasteiger partial charge in [-0.05, 0) is 37.6 Å². The zero-order valence-electron chi connectivity index (χ0n) is 15.6. The van der Waals surface area contributed by atoms with Gasteiger partial charge in [0.25, 0.3) is 5.91 Å². The Morgan fingerprint density at radius 3 is 2.15 bits per heavy atom. The zero-order chi connectivity index (χ0) is 18.7. The predicted octanol–water partition coefficient (Wildman–Crippen LogP) is 3.40. The molecule has 1 aliphatic rings. The van der Waals surface area contributed by atoms with Gasteiger partial charge in [0.1, 0.15) is 6.17 Å². The van der Waals surface area contributed by atoms with Gasteiger partial charge in [-0.1, -0.05) is 12.1 Å². The number of rotatable bonds is 6. The Morgan fingerprint density at radius 1 is 0.962 bits per heavy atom. The highest BCUT2D eigenvalue weighted by Crippen LogP contribution is 2.36. The molecule has 2 aromatic carbocycles. The summed E-state index contributed by atoms with van der Waals surface area (Å²) in [6, 6.07) is 11.7. The molecule has 0 aliphatic carbocycles.